The molecule has 1 heterocycles. The SMILES string of the molecule is O=C(O)c1ccc(-c2cc(C(=O)Nc3ccc(N4CCOCC4)cc3)ccc2F)cc1. The molecule has 1 fully saturated rings. The second-order valence-electron chi connectivity index (χ2n) is 7.18. The van der Waals surface area contributed by atoms with Crippen molar-refractivity contribution in [3.05, 3.63) is 83.7 Å². The van der Waals surface area contributed by atoms with Crippen molar-refractivity contribution in [3.8, 4) is 11.1 Å². The number of benzene rings is 3. The number of aromatic carboxylic acids is 1. The van der Waals surface area contributed by atoms with Crippen LogP contribution in [0.15, 0.2) is 66.7 Å². The summed E-state index contributed by atoms with van der Waals surface area (Å²) >= 11 is 0. The molecule has 1 saturated heterocycles. The summed E-state index contributed by atoms with van der Waals surface area (Å²) in [5.41, 5.74) is 2.84. The number of carbonyl (C=O) groups is 2. The molecule has 7 heteroatoms. The minimum atomic E-state index is -1.06. The Morgan fingerprint density at radius 3 is 2.19 bits per heavy atom. The van der Waals surface area contributed by atoms with Gasteiger partial charge in [0.2, 0.25) is 0 Å². The number of morpholine rings is 1. The molecule has 1 amide bonds. The minimum Gasteiger partial charge on any atom is -0.478 e. The number of anilines is 2. The molecule has 4 rings (SSSR count). The third-order valence-electron chi connectivity index (χ3n) is 5.17. The van der Waals surface area contributed by atoms with Gasteiger partial charge >= 0.3 is 5.97 Å². The van der Waals surface area contributed by atoms with Gasteiger partial charge in [0.15, 0.2) is 0 Å². The van der Waals surface area contributed by atoms with Crippen LogP contribution in [-0.2, 0) is 4.74 Å². The lowest BCUT2D eigenvalue weighted by atomic mass is 10.0. The van der Waals surface area contributed by atoms with Crippen LogP contribution < -0.4 is 10.2 Å². The van der Waals surface area contributed by atoms with Crippen LogP contribution in [0.4, 0.5) is 15.8 Å². The van der Waals surface area contributed by atoms with E-state index in [1.165, 1.54) is 42.5 Å². The smallest absolute Gasteiger partial charge is 0.335 e. The Morgan fingerprint density at radius 1 is 0.903 bits per heavy atom. The lowest BCUT2D eigenvalue weighted by molar-refractivity contribution is 0.0696. The summed E-state index contributed by atoms with van der Waals surface area (Å²) in [6.45, 7) is 3.06. The minimum absolute atomic E-state index is 0.110. The maximum Gasteiger partial charge on any atom is 0.335 e. The highest BCUT2D eigenvalue weighted by atomic mass is 19.1. The lowest BCUT2D eigenvalue weighted by Gasteiger charge is -2.28. The molecule has 0 bridgehead atoms. The first kappa shape index (κ1) is 20.6. The highest BCUT2D eigenvalue weighted by Gasteiger charge is 2.14. The van der Waals surface area contributed by atoms with E-state index in [0.717, 1.165) is 18.8 Å². The van der Waals surface area contributed by atoms with E-state index in [1.807, 2.05) is 24.3 Å². The molecule has 6 nitrogen and oxygen atoms in total. The number of halogens is 1. The largest absolute Gasteiger partial charge is 0.478 e. The number of nitrogens with one attached hydrogen (secondary N) is 1. The number of amides is 1. The normalized spacial score (nSPS) is 13.6. The Morgan fingerprint density at radius 2 is 1.55 bits per heavy atom. The van der Waals surface area contributed by atoms with Gasteiger partial charge in [-0.2, -0.15) is 0 Å². The number of ether oxygens (including phenoxy) is 1. The van der Waals surface area contributed by atoms with Crippen LogP contribution in [0, 0.1) is 5.82 Å². The van der Waals surface area contributed by atoms with E-state index < -0.39 is 11.8 Å². The van der Waals surface area contributed by atoms with Crippen molar-refractivity contribution < 1.29 is 23.8 Å². The Bertz CT molecular complexity index is 1090. The molecule has 3 aromatic carbocycles. The van der Waals surface area contributed by atoms with Crippen LogP contribution in [0.1, 0.15) is 20.7 Å². The van der Waals surface area contributed by atoms with Crippen LogP contribution in [-0.4, -0.2) is 43.3 Å². The highest BCUT2D eigenvalue weighted by Crippen LogP contribution is 2.25. The molecular weight excluding hydrogens is 399 g/mol. The van der Waals surface area contributed by atoms with Crippen LogP contribution in [0.5, 0.6) is 0 Å². The second-order valence-corrected chi connectivity index (χ2v) is 7.18. The summed E-state index contributed by atoms with van der Waals surface area (Å²) in [4.78, 5) is 25.9. The van der Waals surface area contributed by atoms with E-state index in [-0.39, 0.29) is 17.0 Å². The Hall–Kier alpha value is -3.71. The fraction of sp³-hybridized carbons (Fsp3) is 0.167. The van der Waals surface area contributed by atoms with E-state index in [0.29, 0.717) is 30.0 Å². The summed E-state index contributed by atoms with van der Waals surface area (Å²) in [7, 11) is 0. The van der Waals surface area contributed by atoms with Crippen molar-refractivity contribution in [1.29, 1.82) is 0 Å². The number of hydrogen-bond donors (Lipinski definition) is 2. The summed E-state index contributed by atoms with van der Waals surface area (Å²) in [5, 5.41) is 11.8. The third-order valence-corrected chi connectivity index (χ3v) is 5.17. The number of carboxylic acids is 1. The summed E-state index contributed by atoms with van der Waals surface area (Å²) in [6, 6.07) is 17.5. The Balaban J connectivity index is 1.49. The molecule has 0 saturated carbocycles. The molecule has 0 aliphatic carbocycles. The van der Waals surface area contributed by atoms with Crippen LogP contribution >= 0.6 is 0 Å². The van der Waals surface area contributed by atoms with Gasteiger partial charge in [0.25, 0.3) is 5.91 Å². The van der Waals surface area contributed by atoms with Crippen molar-refractivity contribution in [1.82, 2.24) is 0 Å². The maximum absolute atomic E-state index is 14.4. The monoisotopic (exact) mass is 420 g/mol. The van der Waals surface area contributed by atoms with E-state index in [2.05, 4.69) is 10.2 Å². The van der Waals surface area contributed by atoms with Crippen LogP contribution in [0.2, 0.25) is 0 Å². The maximum atomic E-state index is 14.4. The fourth-order valence-electron chi connectivity index (χ4n) is 3.46. The van der Waals surface area contributed by atoms with Gasteiger partial charge in [-0.05, 0) is 60.2 Å². The van der Waals surface area contributed by atoms with Crippen molar-refractivity contribution in [2.75, 3.05) is 36.5 Å². The van der Waals surface area contributed by atoms with E-state index in [9.17, 15) is 14.0 Å². The highest BCUT2D eigenvalue weighted by molar-refractivity contribution is 6.05. The number of carbonyl (C=O) groups excluding carboxylic acids is 1. The zero-order valence-corrected chi connectivity index (χ0v) is 16.7. The molecule has 158 valence electrons. The van der Waals surface area contributed by atoms with Gasteiger partial charge in [-0.25, -0.2) is 9.18 Å². The van der Waals surface area contributed by atoms with E-state index in [1.54, 1.807) is 0 Å². The first-order chi connectivity index (χ1) is 15.0. The molecule has 31 heavy (non-hydrogen) atoms. The molecule has 0 spiro atoms. The Kier molecular flexibility index (Phi) is 5.95. The summed E-state index contributed by atoms with van der Waals surface area (Å²) in [5.74, 6) is -1.91. The predicted octanol–water partition coefficient (Wildman–Crippen LogP) is 4.28. The van der Waals surface area contributed by atoms with Gasteiger partial charge in [0.05, 0.1) is 18.8 Å². The first-order valence-electron chi connectivity index (χ1n) is 9.89. The number of rotatable bonds is 5. The molecule has 0 atom stereocenters. The molecule has 3 aromatic rings. The Labute approximate surface area is 178 Å². The number of nitrogens with zero attached hydrogens (tertiary/aromatic N) is 1. The van der Waals surface area contributed by atoms with Crippen LogP contribution in [0.3, 0.4) is 0 Å². The molecule has 0 radical (unpaired) electrons. The van der Waals surface area contributed by atoms with Crippen molar-refractivity contribution >= 4 is 23.3 Å². The summed E-state index contributed by atoms with van der Waals surface area (Å²) in [6.07, 6.45) is 0. The second kappa shape index (κ2) is 8.97. The van der Waals surface area contributed by atoms with Gasteiger partial charge in [-0.15, -0.1) is 0 Å². The van der Waals surface area contributed by atoms with Gasteiger partial charge in [-0.1, -0.05) is 12.1 Å². The number of hydrogen-bond acceptors (Lipinski definition) is 4. The third kappa shape index (κ3) is 4.73. The predicted molar refractivity (Wildman–Crippen MR) is 116 cm³/mol. The average molecular weight is 420 g/mol. The zero-order valence-electron chi connectivity index (χ0n) is 16.7. The fourth-order valence-corrected chi connectivity index (χ4v) is 3.46. The average Bonchev–Trinajstić information content (AvgIpc) is 2.80. The van der Waals surface area contributed by atoms with Crippen molar-refractivity contribution in [3.63, 3.8) is 0 Å². The van der Waals surface area contributed by atoms with E-state index in [4.69, 9.17) is 9.84 Å². The van der Waals surface area contributed by atoms with Crippen LogP contribution in [0.25, 0.3) is 11.1 Å². The lowest BCUT2D eigenvalue weighted by Crippen LogP contribution is -2.36. The van der Waals surface area contributed by atoms with Gasteiger partial charge in [0, 0.05) is 35.6 Å². The van der Waals surface area contributed by atoms with Gasteiger partial charge in [-0.3, -0.25) is 4.79 Å². The van der Waals surface area contributed by atoms with Gasteiger partial charge < -0.3 is 20.1 Å². The molecule has 0 unspecified atom stereocenters. The van der Waals surface area contributed by atoms with Gasteiger partial charge in [0.1, 0.15) is 5.82 Å². The molecule has 1 aliphatic heterocycles. The quantitative estimate of drug-likeness (QED) is 0.644. The van der Waals surface area contributed by atoms with E-state index >= 15 is 0 Å². The molecule has 1 aliphatic rings. The molecular formula is C24H21FN2O4. The summed E-state index contributed by atoms with van der Waals surface area (Å²) < 4.78 is 19.7. The number of carboxylic acid groups (broad SMARTS) is 1. The molecule has 0 aromatic heterocycles. The standard InChI is InChI=1S/C24H21FN2O4/c25-22-10-5-18(15-21(22)16-1-3-17(4-2-16)24(29)30)23(28)26-19-6-8-20(9-7-19)27-11-13-31-14-12-27/h1-10,15H,11-14H2,(H,26,28)(H,29,30). The van der Waals surface area contributed by atoms with Crippen molar-refractivity contribution in [2.45, 2.75) is 0 Å². The zero-order chi connectivity index (χ0) is 21.8. The molecule has 2 N–H and O–H groups in total. The van der Waals surface area contributed by atoms with Crippen molar-refractivity contribution in [2.24, 2.45) is 0 Å². The topological polar surface area (TPSA) is 78.9 Å². The first-order valence-corrected chi connectivity index (χ1v) is 9.89.